The fourth-order valence-corrected chi connectivity index (χ4v) is 4.61. The second-order valence-corrected chi connectivity index (χ2v) is 8.66. The minimum absolute atomic E-state index is 0.0494. The smallest absolute Gasteiger partial charge is 0.460 e. The highest BCUT2D eigenvalue weighted by molar-refractivity contribution is 7.87. The van der Waals surface area contributed by atoms with Crippen LogP contribution in [0.25, 0.3) is 0 Å². The van der Waals surface area contributed by atoms with Crippen molar-refractivity contribution in [3.05, 3.63) is 0 Å². The van der Waals surface area contributed by atoms with Crippen molar-refractivity contribution in [1.82, 2.24) is 0 Å². The van der Waals surface area contributed by atoms with E-state index in [0.717, 1.165) is 25.7 Å². The molecule has 0 amide bonds. The van der Waals surface area contributed by atoms with Gasteiger partial charge in [-0.25, -0.2) is 4.79 Å². The summed E-state index contributed by atoms with van der Waals surface area (Å²) in [7, 11) is -5.85. The molecule has 0 aromatic rings. The number of carbonyl (C=O) groups excluding carboxylic acids is 1. The van der Waals surface area contributed by atoms with Crippen LogP contribution in [0.2, 0.25) is 0 Å². The number of halogens is 2. The van der Waals surface area contributed by atoms with Gasteiger partial charge in [0.15, 0.2) is 0 Å². The Balaban J connectivity index is 2.08. The van der Waals surface area contributed by atoms with Gasteiger partial charge in [0.1, 0.15) is 0 Å². The lowest BCUT2D eigenvalue weighted by atomic mass is 9.59. The average molecular weight is 370 g/mol. The second-order valence-electron chi connectivity index (χ2n) is 7.20. The molecule has 0 radical (unpaired) electrons. The lowest BCUT2D eigenvalue weighted by Crippen LogP contribution is -2.43. The van der Waals surface area contributed by atoms with Gasteiger partial charge in [0.25, 0.3) is 0 Å². The van der Waals surface area contributed by atoms with Crippen molar-refractivity contribution in [2.75, 3.05) is 13.2 Å². The molecule has 2 bridgehead atoms. The Kier molecular flexibility index (Phi) is 5.87. The standard InChI is InChI=1S/C15H24F2O6S/c16-15(17,24(20,21)22)13(19)23-10-14(5-2-6-18)8-11-3-1-4-12(7-11)9-14/h11-12,18H,1-10H2,(H,20,21,22). The molecule has 0 saturated heterocycles. The lowest BCUT2D eigenvalue weighted by molar-refractivity contribution is -0.167. The van der Waals surface area contributed by atoms with Crippen LogP contribution in [0.5, 0.6) is 0 Å². The third kappa shape index (κ3) is 4.23. The summed E-state index contributed by atoms with van der Waals surface area (Å²) in [4.78, 5) is 11.5. The molecule has 2 aliphatic carbocycles. The Hall–Kier alpha value is -0.800. The van der Waals surface area contributed by atoms with Crippen molar-refractivity contribution in [2.24, 2.45) is 17.3 Å². The quantitative estimate of drug-likeness (QED) is 0.527. The topological polar surface area (TPSA) is 101 Å². The van der Waals surface area contributed by atoms with Gasteiger partial charge in [-0.05, 0) is 43.9 Å². The fraction of sp³-hybridized carbons (Fsp3) is 0.933. The molecule has 2 saturated carbocycles. The molecule has 0 aliphatic heterocycles. The summed E-state index contributed by atoms with van der Waals surface area (Å²) in [6, 6.07) is 0. The van der Waals surface area contributed by atoms with Crippen LogP contribution in [0, 0.1) is 17.3 Å². The van der Waals surface area contributed by atoms with E-state index in [1.807, 2.05) is 0 Å². The van der Waals surface area contributed by atoms with Gasteiger partial charge in [0.05, 0.1) is 6.61 Å². The molecule has 0 spiro atoms. The molecule has 2 aliphatic rings. The first-order valence-corrected chi connectivity index (χ1v) is 9.66. The Labute approximate surface area is 140 Å². The number of aliphatic hydroxyl groups is 1. The van der Waals surface area contributed by atoms with Gasteiger partial charge in [0.2, 0.25) is 0 Å². The van der Waals surface area contributed by atoms with Gasteiger partial charge < -0.3 is 9.84 Å². The van der Waals surface area contributed by atoms with Crippen LogP contribution >= 0.6 is 0 Å². The molecule has 140 valence electrons. The molecule has 9 heteroatoms. The maximum absolute atomic E-state index is 13.3. The average Bonchev–Trinajstić information content (AvgIpc) is 2.49. The first kappa shape index (κ1) is 19.5. The van der Waals surface area contributed by atoms with Crippen LogP contribution in [0.1, 0.15) is 51.4 Å². The van der Waals surface area contributed by atoms with E-state index >= 15 is 0 Å². The molecular formula is C15H24F2O6S. The highest BCUT2D eigenvalue weighted by atomic mass is 32.2. The number of carbonyl (C=O) groups is 1. The number of ether oxygens (including phenoxy) is 1. The maximum atomic E-state index is 13.3. The number of esters is 1. The normalized spacial score (nSPS) is 30.8. The Bertz CT molecular complexity index is 550. The molecule has 0 aromatic carbocycles. The van der Waals surface area contributed by atoms with Crippen molar-refractivity contribution >= 4 is 16.1 Å². The lowest BCUT2D eigenvalue weighted by Gasteiger charge is -2.47. The summed E-state index contributed by atoms with van der Waals surface area (Å²) < 4.78 is 61.0. The molecule has 2 N–H and O–H groups in total. The first-order chi connectivity index (χ1) is 11.1. The minimum atomic E-state index is -5.85. The third-order valence-corrected chi connectivity index (χ3v) is 6.09. The van der Waals surface area contributed by atoms with Crippen molar-refractivity contribution in [2.45, 2.75) is 56.6 Å². The molecular weight excluding hydrogens is 346 g/mol. The number of alkyl halides is 2. The number of rotatable bonds is 7. The predicted molar refractivity (Wildman–Crippen MR) is 80.9 cm³/mol. The second kappa shape index (κ2) is 7.21. The van der Waals surface area contributed by atoms with E-state index in [1.54, 1.807) is 0 Å². The largest absolute Gasteiger partial charge is 0.465 e. The third-order valence-electron chi connectivity index (χ3n) is 5.27. The summed E-state index contributed by atoms with van der Waals surface area (Å²) in [5, 5.41) is 4.12. The Morgan fingerprint density at radius 2 is 1.83 bits per heavy atom. The Morgan fingerprint density at radius 1 is 1.25 bits per heavy atom. The zero-order chi connectivity index (χ0) is 18.0. The monoisotopic (exact) mass is 370 g/mol. The summed E-state index contributed by atoms with van der Waals surface area (Å²) in [5.74, 6) is -1.36. The van der Waals surface area contributed by atoms with E-state index in [4.69, 9.17) is 9.66 Å². The maximum Gasteiger partial charge on any atom is 0.465 e. The first-order valence-electron chi connectivity index (χ1n) is 8.22. The molecule has 0 aromatic heterocycles. The fourth-order valence-electron chi connectivity index (χ4n) is 4.34. The zero-order valence-electron chi connectivity index (χ0n) is 13.4. The Morgan fingerprint density at radius 3 is 2.33 bits per heavy atom. The molecule has 24 heavy (non-hydrogen) atoms. The summed E-state index contributed by atoms with van der Waals surface area (Å²) >= 11 is 0. The zero-order valence-corrected chi connectivity index (χ0v) is 14.2. The number of hydrogen-bond acceptors (Lipinski definition) is 5. The van der Waals surface area contributed by atoms with Gasteiger partial charge in [-0.1, -0.05) is 19.3 Å². The molecule has 2 unspecified atom stereocenters. The van der Waals surface area contributed by atoms with Crippen LogP contribution in [-0.2, 0) is 19.6 Å². The van der Waals surface area contributed by atoms with Crippen LogP contribution in [0.4, 0.5) is 8.78 Å². The molecule has 2 fully saturated rings. The number of aliphatic hydroxyl groups excluding tert-OH is 1. The highest BCUT2D eigenvalue weighted by Gasteiger charge is 2.55. The summed E-state index contributed by atoms with van der Waals surface area (Å²) in [5.41, 5.74) is -0.512. The van der Waals surface area contributed by atoms with Crippen LogP contribution < -0.4 is 0 Å². The highest BCUT2D eigenvalue weighted by Crippen LogP contribution is 2.51. The molecule has 6 nitrogen and oxygen atoms in total. The van der Waals surface area contributed by atoms with Gasteiger partial charge in [-0.2, -0.15) is 17.2 Å². The van der Waals surface area contributed by atoms with E-state index in [9.17, 15) is 22.0 Å². The summed E-state index contributed by atoms with van der Waals surface area (Å²) in [6.07, 6.45) is 6.73. The molecule has 2 rings (SSSR count). The van der Waals surface area contributed by atoms with Crippen LogP contribution in [0.15, 0.2) is 0 Å². The van der Waals surface area contributed by atoms with Crippen LogP contribution in [-0.4, -0.2) is 42.5 Å². The van der Waals surface area contributed by atoms with E-state index in [0.29, 0.717) is 37.5 Å². The van der Waals surface area contributed by atoms with Crippen molar-refractivity contribution in [1.29, 1.82) is 0 Å². The van der Waals surface area contributed by atoms with Crippen molar-refractivity contribution < 1.29 is 36.4 Å². The van der Waals surface area contributed by atoms with E-state index in [-0.39, 0.29) is 13.2 Å². The summed E-state index contributed by atoms with van der Waals surface area (Å²) in [6.45, 7) is -0.365. The van der Waals surface area contributed by atoms with E-state index in [1.165, 1.54) is 0 Å². The van der Waals surface area contributed by atoms with Gasteiger partial charge in [-0.3, -0.25) is 4.55 Å². The molecule has 0 heterocycles. The van der Waals surface area contributed by atoms with Gasteiger partial charge in [0, 0.05) is 12.0 Å². The van der Waals surface area contributed by atoms with Crippen molar-refractivity contribution in [3.63, 3.8) is 0 Å². The molecule has 2 atom stereocenters. The van der Waals surface area contributed by atoms with E-state index in [2.05, 4.69) is 4.74 Å². The van der Waals surface area contributed by atoms with Gasteiger partial charge in [-0.15, -0.1) is 0 Å². The van der Waals surface area contributed by atoms with Crippen LogP contribution in [0.3, 0.4) is 0 Å². The van der Waals surface area contributed by atoms with Gasteiger partial charge >= 0.3 is 21.3 Å². The number of hydrogen-bond donors (Lipinski definition) is 2. The number of fused-ring (bicyclic) bond motifs is 2. The van der Waals surface area contributed by atoms with Crippen molar-refractivity contribution in [3.8, 4) is 0 Å². The SMILES string of the molecule is O=C(OCC1(CCCO)CC2CCCC(C2)C1)C(F)(F)S(=O)(=O)O. The van der Waals surface area contributed by atoms with E-state index < -0.39 is 26.8 Å². The minimum Gasteiger partial charge on any atom is -0.460 e. The predicted octanol–water partition coefficient (Wildman–Crippen LogP) is 2.37.